The summed E-state index contributed by atoms with van der Waals surface area (Å²) in [6.07, 6.45) is 6.23. The van der Waals surface area contributed by atoms with Crippen LogP contribution in [-0.4, -0.2) is 23.0 Å². The highest BCUT2D eigenvalue weighted by Gasteiger charge is 2.34. The minimum Gasteiger partial charge on any atom is -0.389 e. The summed E-state index contributed by atoms with van der Waals surface area (Å²) in [5.41, 5.74) is 2.06. The van der Waals surface area contributed by atoms with E-state index in [1.807, 2.05) is 30.3 Å². The molecule has 1 aromatic rings. The van der Waals surface area contributed by atoms with Gasteiger partial charge in [0.1, 0.15) is 0 Å². The van der Waals surface area contributed by atoms with Gasteiger partial charge >= 0.3 is 0 Å². The van der Waals surface area contributed by atoms with Gasteiger partial charge in [0.25, 0.3) is 0 Å². The molecule has 1 heterocycles. The molecule has 0 spiro atoms. The molecule has 0 amide bonds. The van der Waals surface area contributed by atoms with Gasteiger partial charge < -0.3 is 9.94 Å². The molecule has 3 rings (SSSR count). The van der Waals surface area contributed by atoms with Crippen LogP contribution in [-0.2, 0) is 4.84 Å². The lowest BCUT2D eigenvalue weighted by molar-refractivity contribution is -0.0522. The van der Waals surface area contributed by atoms with E-state index in [1.165, 1.54) is 19.3 Å². The third-order valence-electron chi connectivity index (χ3n) is 4.31. The van der Waals surface area contributed by atoms with Crippen molar-refractivity contribution in [2.45, 2.75) is 50.7 Å². The van der Waals surface area contributed by atoms with Gasteiger partial charge in [-0.15, -0.1) is 0 Å². The predicted octanol–water partition coefficient (Wildman–Crippen LogP) is 3.12. The van der Waals surface area contributed by atoms with Crippen molar-refractivity contribution in [3.63, 3.8) is 0 Å². The standard InChI is InChI=1S/C16H21NO2/c18-16(13-9-5-2-6-10-13)15-11-14(17-19-15)12-7-3-1-4-8-12/h1,3-4,7-8,13,15-16,18H,2,5-6,9-11H2/t15-,16+/m0/s1. The SMILES string of the molecule is O[C@H](C1CCCCC1)[C@@H]1CC(c2ccccc2)=NO1. The van der Waals surface area contributed by atoms with Crippen LogP contribution < -0.4 is 0 Å². The Kier molecular flexibility index (Phi) is 3.83. The summed E-state index contributed by atoms with van der Waals surface area (Å²) in [6.45, 7) is 0. The van der Waals surface area contributed by atoms with Crippen LogP contribution in [0.2, 0.25) is 0 Å². The van der Waals surface area contributed by atoms with Crippen molar-refractivity contribution in [2.75, 3.05) is 0 Å². The van der Waals surface area contributed by atoms with Crippen LogP contribution in [0, 0.1) is 5.92 Å². The molecule has 1 N–H and O–H groups in total. The summed E-state index contributed by atoms with van der Waals surface area (Å²) in [5, 5.41) is 14.6. The fourth-order valence-electron chi connectivity index (χ4n) is 3.16. The van der Waals surface area contributed by atoms with Crippen molar-refractivity contribution in [2.24, 2.45) is 11.1 Å². The molecular formula is C16H21NO2. The molecular weight excluding hydrogens is 238 g/mol. The molecule has 1 aromatic carbocycles. The van der Waals surface area contributed by atoms with Crippen molar-refractivity contribution < 1.29 is 9.94 Å². The molecule has 2 aliphatic rings. The zero-order chi connectivity index (χ0) is 13.1. The van der Waals surface area contributed by atoms with Crippen molar-refractivity contribution in [1.82, 2.24) is 0 Å². The molecule has 102 valence electrons. The first-order valence-electron chi connectivity index (χ1n) is 7.31. The number of rotatable bonds is 3. The molecule has 1 saturated carbocycles. The zero-order valence-corrected chi connectivity index (χ0v) is 11.2. The topological polar surface area (TPSA) is 41.8 Å². The second-order valence-corrected chi connectivity index (χ2v) is 5.64. The average Bonchev–Trinajstić information content (AvgIpc) is 2.98. The second-order valence-electron chi connectivity index (χ2n) is 5.64. The van der Waals surface area contributed by atoms with Crippen LogP contribution >= 0.6 is 0 Å². The zero-order valence-electron chi connectivity index (χ0n) is 11.2. The summed E-state index contributed by atoms with van der Waals surface area (Å²) in [6, 6.07) is 10.1. The molecule has 0 unspecified atom stereocenters. The van der Waals surface area contributed by atoms with E-state index < -0.39 is 0 Å². The van der Waals surface area contributed by atoms with Gasteiger partial charge in [-0.2, -0.15) is 0 Å². The Hall–Kier alpha value is -1.35. The number of aliphatic hydroxyl groups is 1. The molecule has 1 aliphatic carbocycles. The Morgan fingerprint density at radius 2 is 1.84 bits per heavy atom. The number of oxime groups is 1. The predicted molar refractivity (Wildman–Crippen MR) is 75.1 cm³/mol. The number of hydrogen-bond acceptors (Lipinski definition) is 3. The van der Waals surface area contributed by atoms with Crippen molar-refractivity contribution in [3.05, 3.63) is 35.9 Å². The second kappa shape index (κ2) is 5.74. The summed E-state index contributed by atoms with van der Waals surface area (Å²) >= 11 is 0. The van der Waals surface area contributed by atoms with E-state index >= 15 is 0 Å². The van der Waals surface area contributed by atoms with Gasteiger partial charge in [-0.25, -0.2) is 0 Å². The Morgan fingerprint density at radius 1 is 1.11 bits per heavy atom. The van der Waals surface area contributed by atoms with Gasteiger partial charge in [0.15, 0.2) is 6.10 Å². The first-order valence-corrected chi connectivity index (χ1v) is 7.31. The fraction of sp³-hybridized carbons (Fsp3) is 0.562. The smallest absolute Gasteiger partial charge is 0.159 e. The summed E-state index contributed by atoms with van der Waals surface area (Å²) in [7, 11) is 0. The van der Waals surface area contributed by atoms with Crippen LogP contribution in [0.4, 0.5) is 0 Å². The monoisotopic (exact) mass is 259 g/mol. The highest BCUT2D eigenvalue weighted by molar-refractivity contribution is 6.01. The third kappa shape index (κ3) is 2.81. The van der Waals surface area contributed by atoms with Gasteiger partial charge in [-0.05, 0) is 24.3 Å². The molecule has 0 saturated heterocycles. The molecule has 0 bridgehead atoms. The largest absolute Gasteiger partial charge is 0.389 e. The molecule has 2 atom stereocenters. The van der Waals surface area contributed by atoms with Gasteiger partial charge in [-0.3, -0.25) is 0 Å². The van der Waals surface area contributed by atoms with Crippen LogP contribution in [0.3, 0.4) is 0 Å². The number of hydrogen-bond donors (Lipinski definition) is 1. The molecule has 19 heavy (non-hydrogen) atoms. The Labute approximate surface area is 114 Å². The summed E-state index contributed by atoms with van der Waals surface area (Å²) in [4.78, 5) is 5.47. The van der Waals surface area contributed by atoms with E-state index in [4.69, 9.17) is 4.84 Å². The van der Waals surface area contributed by atoms with Gasteiger partial charge in [0.05, 0.1) is 11.8 Å². The summed E-state index contributed by atoms with van der Waals surface area (Å²) < 4.78 is 0. The number of nitrogens with zero attached hydrogens (tertiary/aromatic N) is 1. The molecule has 1 aliphatic heterocycles. The first kappa shape index (κ1) is 12.7. The Morgan fingerprint density at radius 3 is 2.58 bits per heavy atom. The van der Waals surface area contributed by atoms with Crippen LogP contribution in [0.25, 0.3) is 0 Å². The van der Waals surface area contributed by atoms with Crippen molar-refractivity contribution in [3.8, 4) is 0 Å². The summed E-state index contributed by atoms with van der Waals surface area (Å²) in [5.74, 6) is 0.393. The molecule has 0 aromatic heterocycles. The highest BCUT2D eigenvalue weighted by Crippen LogP contribution is 2.31. The molecule has 1 fully saturated rings. The maximum absolute atomic E-state index is 10.4. The third-order valence-corrected chi connectivity index (χ3v) is 4.31. The van der Waals surface area contributed by atoms with E-state index in [-0.39, 0.29) is 12.2 Å². The normalized spacial score (nSPS) is 25.7. The maximum atomic E-state index is 10.4. The number of benzene rings is 1. The lowest BCUT2D eigenvalue weighted by Gasteiger charge is -2.28. The fourth-order valence-corrected chi connectivity index (χ4v) is 3.16. The highest BCUT2D eigenvalue weighted by atomic mass is 16.7. The van der Waals surface area contributed by atoms with E-state index in [2.05, 4.69) is 5.16 Å². The van der Waals surface area contributed by atoms with E-state index in [9.17, 15) is 5.11 Å². The van der Waals surface area contributed by atoms with Crippen LogP contribution in [0.15, 0.2) is 35.5 Å². The molecule has 3 heteroatoms. The number of aliphatic hydroxyl groups excluding tert-OH is 1. The van der Waals surface area contributed by atoms with Crippen LogP contribution in [0.1, 0.15) is 44.1 Å². The minimum atomic E-state index is -0.370. The Balaban J connectivity index is 1.61. The minimum absolute atomic E-state index is 0.154. The van der Waals surface area contributed by atoms with Gasteiger partial charge in [-0.1, -0.05) is 54.8 Å². The molecule has 0 radical (unpaired) electrons. The lowest BCUT2D eigenvalue weighted by atomic mass is 9.82. The van der Waals surface area contributed by atoms with Gasteiger partial charge in [0.2, 0.25) is 0 Å². The van der Waals surface area contributed by atoms with Crippen molar-refractivity contribution >= 4 is 5.71 Å². The Bertz CT molecular complexity index is 437. The molecule has 3 nitrogen and oxygen atoms in total. The van der Waals surface area contributed by atoms with E-state index in [1.54, 1.807) is 0 Å². The van der Waals surface area contributed by atoms with Crippen molar-refractivity contribution in [1.29, 1.82) is 0 Å². The maximum Gasteiger partial charge on any atom is 0.159 e. The quantitative estimate of drug-likeness (QED) is 0.906. The van der Waals surface area contributed by atoms with Gasteiger partial charge in [0, 0.05) is 6.42 Å². The van der Waals surface area contributed by atoms with Crippen LogP contribution in [0.5, 0.6) is 0 Å². The van der Waals surface area contributed by atoms with E-state index in [0.717, 1.165) is 30.5 Å². The van der Waals surface area contributed by atoms with E-state index in [0.29, 0.717) is 5.92 Å². The lowest BCUT2D eigenvalue weighted by Crippen LogP contribution is -2.34. The average molecular weight is 259 g/mol. The first-order chi connectivity index (χ1) is 9.34.